The first-order chi connectivity index (χ1) is 6.74. The zero-order chi connectivity index (χ0) is 10.4. The third-order valence-corrected chi connectivity index (χ3v) is 2.20. The number of hydrogen-bond acceptors (Lipinski definition) is 2. The molecule has 1 heterocycles. The van der Waals surface area contributed by atoms with Gasteiger partial charge in [-0.2, -0.15) is 0 Å². The summed E-state index contributed by atoms with van der Waals surface area (Å²) in [7, 11) is 0. The Hall–Kier alpha value is -0.890. The molecule has 0 spiro atoms. The van der Waals surface area contributed by atoms with E-state index >= 15 is 0 Å². The van der Waals surface area contributed by atoms with E-state index < -0.39 is 0 Å². The van der Waals surface area contributed by atoms with E-state index in [2.05, 4.69) is 37.1 Å². The minimum atomic E-state index is 0.404. The predicted octanol–water partition coefficient (Wildman–Crippen LogP) is 2.78. The molecule has 1 N–H and O–H groups in total. The topological polar surface area (TPSA) is 24.9 Å². The lowest BCUT2D eigenvalue weighted by Crippen LogP contribution is -2.23. The van der Waals surface area contributed by atoms with E-state index in [1.807, 2.05) is 18.3 Å². The molecule has 0 saturated carbocycles. The van der Waals surface area contributed by atoms with Gasteiger partial charge in [0.15, 0.2) is 0 Å². The van der Waals surface area contributed by atoms with Crippen molar-refractivity contribution >= 4 is 0 Å². The molecule has 1 atom stereocenters. The van der Waals surface area contributed by atoms with Gasteiger partial charge in [0, 0.05) is 12.2 Å². The molecule has 14 heavy (non-hydrogen) atoms. The lowest BCUT2D eigenvalue weighted by atomic mass is 10.0. The molecule has 2 nitrogen and oxygen atoms in total. The molecular formula is C12H20N2. The SMILES string of the molecule is CCNC(CC(C)C)c1ccccn1. The van der Waals surface area contributed by atoms with Crippen molar-refractivity contribution in [2.75, 3.05) is 6.54 Å². The lowest BCUT2D eigenvalue weighted by Gasteiger charge is -2.19. The highest BCUT2D eigenvalue weighted by Crippen LogP contribution is 2.18. The summed E-state index contributed by atoms with van der Waals surface area (Å²) in [6, 6.07) is 6.51. The second-order valence-corrected chi connectivity index (χ2v) is 3.99. The van der Waals surface area contributed by atoms with Gasteiger partial charge in [-0.15, -0.1) is 0 Å². The van der Waals surface area contributed by atoms with Crippen LogP contribution in [0.5, 0.6) is 0 Å². The Balaban J connectivity index is 2.67. The molecule has 1 aromatic rings. The van der Waals surface area contributed by atoms with E-state index in [-0.39, 0.29) is 0 Å². The van der Waals surface area contributed by atoms with Gasteiger partial charge in [-0.25, -0.2) is 0 Å². The van der Waals surface area contributed by atoms with E-state index in [1.165, 1.54) is 0 Å². The van der Waals surface area contributed by atoms with Crippen LogP contribution in [-0.4, -0.2) is 11.5 Å². The fourth-order valence-corrected chi connectivity index (χ4v) is 1.61. The zero-order valence-corrected chi connectivity index (χ0v) is 9.33. The highest BCUT2D eigenvalue weighted by Gasteiger charge is 2.12. The van der Waals surface area contributed by atoms with Crippen LogP contribution < -0.4 is 5.32 Å². The molecule has 0 bridgehead atoms. The van der Waals surface area contributed by atoms with Crippen LogP contribution in [0.4, 0.5) is 0 Å². The highest BCUT2D eigenvalue weighted by atomic mass is 14.9. The molecule has 1 unspecified atom stereocenters. The van der Waals surface area contributed by atoms with Crippen LogP contribution >= 0.6 is 0 Å². The van der Waals surface area contributed by atoms with Gasteiger partial charge < -0.3 is 5.32 Å². The first kappa shape index (κ1) is 11.2. The van der Waals surface area contributed by atoms with Crippen LogP contribution in [0, 0.1) is 5.92 Å². The Kier molecular flexibility index (Phi) is 4.60. The smallest absolute Gasteiger partial charge is 0.0573 e. The molecule has 2 heteroatoms. The first-order valence-corrected chi connectivity index (χ1v) is 5.38. The van der Waals surface area contributed by atoms with Crippen LogP contribution in [0.25, 0.3) is 0 Å². The molecule has 0 fully saturated rings. The minimum Gasteiger partial charge on any atom is -0.309 e. The van der Waals surface area contributed by atoms with Crippen molar-refractivity contribution in [1.29, 1.82) is 0 Å². The second kappa shape index (κ2) is 5.76. The van der Waals surface area contributed by atoms with Crippen LogP contribution in [0.1, 0.15) is 38.9 Å². The first-order valence-electron chi connectivity index (χ1n) is 5.38. The lowest BCUT2D eigenvalue weighted by molar-refractivity contribution is 0.431. The van der Waals surface area contributed by atoms with Gasteiger partial charge in [-0.1, -0.05) is 26.8 Å². The van der Waals surface area contributed by atoms with Gasteiger partial charge in [0.25, 0.3) is 0 Å². The van der Waals surface area contributed by atoms with Gasteiger partial charge in [-0.3, -0.25) is 4.98 Å². The number of aromatic nitrogens is 1. The fraction of sp³-hybridized carbons (Fsp3) is 0.583. The molecule has 0 radical (unpaired) electrons. The monoisotopic (exact) mass is 192 g/mol. The van der Waals surface area contributed by atoms with E-state index in [0.29, 0.717) is 12.0 Å². The average molecular weight is 192 g/mol. The molecule has 0 saturated heterocycles. The average Bonchev–Trinajstić information content (AvgIpc) is 2.18. The van der Waals surface area contributed by atoms with Crippen molar-refractivity contribution in [2.45, 2.75) is 33.2 Å². The van der Waals surface area contributed by atoms with Crippen molar-refractivity contribution in [3.8, 4) is 0 Å². The van der Waals surface area contributed by atoms with Crippen LogP contribution in [0.3, 0.4) is 0 Å². The molecule has 0 aliphatic carbocycles. The van der Waals surface area contributed by atoms with Gasteiger partial charge in [-0.05, 0) is 31.0 Å². The maximum Gasteiger partial charge on any atom is 0.0573 e. The van der Waals surface area contributed by atoms with Gasteiger partial charge in [0.1, 0.15) is 0 Å². The minimum absolute atomic E-state index is 0.404. The predicted molar refractivity (Wildman–Crippen MR) is 60.1 cm³/mol. The molecule has 78 valence electrons. The van der Waals surface area contributed by atoms with Gasteiger partial charge in [0.2, 0.25) is 0 Å². The van der Waals surface area contributed by atoms with Crippen molar-refractivity contribution < 1.29 is 0 Å². The quantitative estimate of drug-likeness (QED) is 0.776. The molecule has 1 aromatic heterocycles. The van der Waals surface area contributed by atoms with Crippen LogP contribution in [0.2, 0.25) is 0 Å². The van der Waals surface area contributed by atoms with Crippen LogP contribution in [-0.2, 0) is 0 Å². The molecular weight excluding hydrogens is 172 g/mol. The number of nitrogens with zero attached hydrogens (tertiary/aromatic N) is 1. The van der Waals surface area contributed by atoms with E-state index in [9.17, 15) is 0 Å². The van der Waals surface area contributed by atoms with E-state index in [4.69, 9.17) is 0 Å². The summed E-state index contributed by atoms with van der Waals surface area (Å²) >= 11 is 0. The molecule has 0 amide bonds. The second-order valence-electron chi connectivity index (χ2n) is 3.99. The summed E-state index contributed by atoms with van der Waals surface area (Å²) in [4.78, 5) is 4.39. The van der Waals surface area contributed by atoms with Crippen molar-refractivity contribution in [2.24, 2.45) is 5.92 Å². The molecule has 0 aromatic carbocycles. The number of pyridine rings is 1. The summed E-state index contributed by atoms with van der Waals surface area (Å²) in [6.45, 7) is 7.62. The Labute approximate surface area is 86.8 Å². The summed E-state index contributed by atoms with van der Waals surface area (Å²) in [6.07, 6.45) is 3.00. The van der Waals surface area contributed by atoms with Crippen molar-refractivity contribution in [1.82, 2.24) is 10.3 Å². The fourth-order valence-electron chi connectivity index (χ4n) is 1.61. The van der Waals surface area contributed by atoms with Crippen molar-refractivity contribution in [3.05, 3.63) is 30.1 Å². The molecule has 0 aliphatic heterocycles. The summed E-state index contributed by atoms with van der Waals surface area (Å²) in [5.41, 5.74) is 1.16. The van der Waals surface area contributed by atoms with Crippen LogP contribution in [0.15, 0.2) is 24.4 Å². The van der Waals surface area contributed by atoms with E-state index in [0.717, 1.165) is 18.7 Å². The van der Waals surface area contributed by atoms with Gasteiger partial charge in [0.05, 0.1) is 5.69 Å². The Morgan fingerprint density at radius 1 is 1.36 bits per heavy atom. The largest absolute Gasteiger partial charge is 0.309 e. The summed E-state index contributed by atoms with van der Waals surface area (Å²) in [5.74, 6) is 0.695. The zero-order valence-electron chi connectivity index (χ0n) is 9.33. The standard InChI is InChI=1S/C12H20N2/c1-4-13-12(9-10(2)3)11-7-5-6-8-14-11/h5-8,10,12-13H,4,9H2,1-3H3. The Morgan fingerprint density at radius 3 is 2.64 bits per heavy atom. The summed E-state index contributed by atoms with van der Waals surface area (Å²) < 4.78 is 0. The third-order valence-electron chi connectivity index (χ3n) is 2.20. The summed E-state index contributed by atoms with van der Waals surface area (Å²) in [5, 5.41) is 3.47. The normalized spacial score (nSPS) is 13.1. The molecule has 0 aliphatic rings. The Morgan fingerprint density at radius 2 is 2.14 bits per heavy atom. The van der Waals surface area contributed by atoms with Gasteiger partial charge >= 0.3 is 0 Å². The van der Waals surface area contributed by atoms with E-state index in [1.54, 1.807) is 0 Å². The highest BCUT2D eigenvalue weighted by molar-refractivity contribution is 5.08. The number of nitrogens with one attached hydrogen (secondary N) is 1. The Bertz CT molecular complexity index is 244. The maximum atomic E-state index is 4.39. The number of hydrogen-bond donors (Lipinski definition) is 1. The molecule has 1 rings (SSSR count). The van der Waals surface area contributed by atoms with Crippen molar-refractivity contribution in [3.63, 3.8) is 0 Å². The maximum absolute atomic E-state index is 4.39. The third kappa shape index (κ3) is 3.46. The number of rotatable bonds is 5.